The highest BCUT2D eigenvalue weighted by Crippen LogP contribution is 2.23. The predicted molar refractivity (Wildman–Crippen MR) is 80.5 cm³/mol. The molecule has 114 valence electrons. The van der Waals surface area contributed by atoms with Crippen LogP contribution in [0.25, 0.3) is 0 Å². The van der Waals surface area contributed by atoms with Gasteiger partial charge >= 0.3 is 0 Å². The molecule has 0 aromatic carbocycles. The molecule has 1 fully saturated rings. The summed E-state index contributed by atoms with van der Waals surface area (Å²) in [6.45, 7) is 4.44. The first kappa shape index (κ1) is 15.9. The van der Waals surface area contributed by atoms with Crippen molar-refractivity contribution in [3.63, 3.8) is 0 Å². The number of nitrogens with zero attached hydrogens (tertiary/aromatic N) is 2. The fourth-order valence-corrected chi connectivity index (χ4v) is 5.26. The molecule has 0 bridgehead atoms. The summed E-state index contributed by atoms with van der Waals surface area (Å²) in [4.78, 5) is 5.22. The number of sulfonamides is 1. The molecule has 2 atom stereocenters. The largest absolute Gasteiger partial charge is 0.381 e. The minimum absolute atomic E-state index is 0.0151. The van der Waals surface area contributed by atoms with Gasteiger partial charge in [-0.15, -0.1) is 11.3 Å². The maximum absolute atomic E-state index is 12.5. The van der Waals surface area contributed by atoms with E-state index in [-0.39, 0.29) is 17.9 Å². The summed E-state index contributed by atoms with van der Waals surface area (Å²) in [7, 11) is -1.51. The number of hydrogen-bond donors (Lipinski definition) is 0. The average molecular weight is 318 g/mol. The second-order valence-electron chi connectivity index (χ2n) is 5.27. The Morgan fingerprint density at radius 1 is 1.55 bits per heavy atom. The van der Waals surface area contributed by atoms with Gasteiger partial charge in [-0.2, -0.15) is 4.31 Å². The summed E-state index contributed by atoms with van der Waals surface area (Å²) < 4.78 is 31.9. The first-order valence-corrected chi connectivity index (χ1v) is 9.34. The summed E-state index contributed by atoms with van der Waals surface area (Å²) in [5.41, 5.74) is 2.71. The molecule has 0 radical (unpaired) electrons. The molecule has 0 N–H and O–H groups in total. The molecular weight excluding hydrogens is 296 g/mol. The molecule has 1 aromatic heterocycles. The number of methoxy groups -OCH3 is 1. The predicted octanol–water partition coefficient (Wildman–Crippen LogP) is 1.82. The third-order valence-electron chi connectivity index (χ3n) is 3.89. The molecule has 1 aliphatic rings. The molecule has 1 aliphatic heterocycles. The van der Waals surface area contributed by atoms with Crippen molar-refractivity contribution in [2.75, 3.05) is 19.4 Å². The van der Waals surface area contributed by atoms with Crippen molar-refractivity contribution in [3.8, 4) is 0 Å². The number of ether oxygens (including phenoxy) is 1. The molecule has 20 heavy (non-hydrogen) atoms. The zero-order chi connectivity index (χ0) is 14.8. The summed E-state index contributed by atoms with van der Waals surface area (Å²) in [6.07, 6.45) is 2.28. The van der Waals surface area contributed by atoms with Crippen LogP contribution in [0.15, 0.2) is 5.51 Å². The highest BCUT2D eigenvalue weighted by atomic mass is 32.2. The van der Waals surface area contributed by atoms with Gasteiger partial charge in [0.1, 0.15) is 0 Å². The molecule has 5 nitrogen and oxygen atoms in total. The molecule has 7 heteroatoms. The summed E-state index contributed by atoms with van der Waals surface area (Å²) in [5.74, 6) is 0.165. The van der Waals surface area contributed by atoms with E-state index in [1.807, 2.05) is 13.8 Å². The van der Waals surface area contributed by atoms with Crippen molar-refractivity contribution in [2.45, 2.75) is 45.3 Å². The minimum Gasteiger partial charge on any atom is -0.381 e. The average Bonchev–Trinajstić information content (AvgIpc) is 2.81. The van der Waals surface area contributed by atoms with Gasteiger partial charge in [0.2, 0.25) is 10.0 Å². The highest BCUT2D eigenvalue weighted by Gasteiger charge is 2.33. The first-order chi connectivity index (χ1) is 9.44. The second-order valence-corrected chi connectivity index (χ2v) is 8.25. The molecule has 2 unspecified atom stereocenters. The number of hydrogen-bond acceptors (Lipinski definition) is 5. The van der Waals surface area contributed by atoms with Crippen LogP contribution in [0.5, 0.6) is 0 Å². The number of rotatable bonds is 5. The van der Waals surface area contributed by atoms with Gasteiger partial charge in [-0.05, 0) is 33.1 Å². The van der Waals surface area contributed by atoms with Gasteiger partial charge in [0.05, 0.1) is 23.1 Å². The number of aryl methyl sites for hydroxylation is 2. The molecule has 0 spiro atoms. The van der Waals surface area contributed by atoms with Gasteiger partial charge < -0.3 is 4.74 Å². The summed E-state index contributed by atoms with van der Waals surface area (Å²) in [6, 6.07) is 0.0151. The SMILES string of the molecule is COC1CCN(S(=O)(=O)CCc2scnc2C)C(C)C1. The lowest BCUT2D eigenvalue weighted by molar-refractivity contribution is 0.0423. The van der Waals surface area contributed by atoms with E-state index in [0.717, 1.165) is 23.4 Å². The molecule has 0 amide bonds. The van der Waals surface area contributed by atoms with Gasteiger partial charge in [-0.1, -0.05) is 0 Å². The number of aromatic nitrogens is 1. The Labute approximate surface area is 125 Å². The first-order valence-electron chi connectivity index (χ1n) is 6.85. The summed E-state index contributed by atoms with van der Waals surface area (Å²) >= 11 is 1.53. The van der Waals surface area contributed by atoms with E-state index in [0.29, 0.717) is 13.0 Å². The third-order valence-corrected chi connectivity index (χ3v) is 6.86. The summed E-state index contributed by atoms with van der Waals surface area (Å²) in [5, 5.41) is 0. The quantitative estimate of drug-likeness (QED) is 0.831. The van der Waals surface area contributed by atoms with E-state index >= 15 is 0 Å². The van der Waals surface area contributed by atoms with Crippen LogP contribution in [-0.4, -0.2) is 49.3 Å². The Kier molecular flexibility index (Phi) is 5.17. The minimum atomic E-state index is -3.20. The molecule has 0 aliphatic carbocycles. The van der Waals surface area contributed by atoms with E-state index < -0.39 is 10.0 Å². The van der Waals surface area contributed by atoms with Crippen LogP contribution in [-0.2, 0) is 21.2 Å². The Hall–Kier alpha value is -0.500. The van der Waals surface area contributed by atoms with Crippen LogP contribution in [0.2, 0.25) is 0 Å². The fourth-order valence-electron chi connectivity index (χ4n) is 2.64. The zero-order valence-corrected chi connectivity index (χ0v) is 13.8. The molecular formula is C13H22N2O3S2. The third kappa shape index (κ3) is 3.58. The molecule has 2 heterocycles. The lowest BCUT2D eigenvalue weighted by atomic mass is 10.0. The smallest absolute Gasteiger partial charge is 0.214 e. The van der Waals surface area contributed by atoms with Crippen LogP contribution in [0.3, 0.4) is 0 Å². The van der Waals surface area contributed by atoms with Crippen molar-refractivity contribution in [2.24, 2.45) is 0 Å². The topological polar surface area (TPSA) is 59.5 Å². The van der Waals surface area contributed by atoms with Gasteiger partial charge in [-0.25, -0.2) is 13.4 Å². The van der Waals surface area contributed by atoms with Gasteiger partial charge in [0.25, 0.3) is 0 Å². The maximum Gasteiger partial charge on any atom is 0.214 e. The van der Waals surface area contributed by atoms with Gasteiger partial charge in [0.15, 0.2) is 0 Å². The van der Waals surface area contributed by atoms with E-state index in [9.17, 15) is 8.42 Å². The highest BCUT2D eigenvalue weighted by molar-refractivity contribution is 7.89. The molecule has 2 rings (SSSR count). The fraction of sp³-hybridized carbons (Fsp3) is 0.769. The standard InChI is InChI=1S/C13H22N2O3S2/c1-10-8-12(18-3)4-6-15(10)20(16,17)7-5-13-11(2)14-9-19-13/h9-10,12H,4-8H2,1-3H3. The second kappa shape index (κ2) is 6.51. The Bertz CT molecular complexity index is 542. The molecule has 1 aromatic rings. The Balaban J connectivity index is 1.98. The van der Waals surface area contributed by atoms with Crippen LogP contribution in [0, 0.1) is 6.92 Å². The van der Waals surface area contributed by atoms with E-state index in [1.165, 1.54) is 11.3 Å². The van der Waals surface area contributed by atoms with Crippen molar-refractivity contribution in [3.05, 3.63) is 16.1 Å². The Morgan fingerprint density at radius 2 is 2.30 bits per heavy atom. The molecule has 1 saturated heterocycles. The zero-order valence-electron chi connectivity index (χ0n) is 12.2. The van der Waals surface area contributed by atoms with E-state index in [2.05, 4.69) is 4.98 Å². The number of piperidine rings is 1. The lowest BCUT2D eigenvalue weighted by Crippen LogP contribution is -2.47. The van der Waals surface area contributed by atoms with Crippen LogP contribution in [0.1, 0.15) is 30.3 Å². The lowest BCUT2D eigenvalue weighted by Gasteiger charge is -2.36. The molecule has 0 saturated carbocycles. The normalized spacial score (nSPS) is 24.9. The monoisotopic (exact) mass is 318 g/mol. The van der Waals surface area contributed by atoms with Crippen molar-refractivity contribution >= 4 is 21.4 Å². The van der Waals surface area contributed by atoms with E-state index in [1.54, 1.807) is 16.9 Å². The van der Waals surface area contributed by atoms with E-state index in [4.69, 9.17) is 4.74 Å². The number of thiazole rings is 1. The van der Waals surface area contributed by atoms with Crippen molar-refractivity contribution in [1.82, 2.24) is 9.29 Å². The van der Waals surface area contributed by atoms with Crippen LogP contribution in [0.4, 0.5) is 0 Å². The van der Waals surface area contributed by atoms with Crippen molar-refractivity contribution in [1.29, 1.82) is 0 Å². The van der Waals surface area contributed by atoms with Gasteiger partial charge in [0, 0.05) is 24.6 Å². The maximum atomic E-state index is 12.5. The van der Waals surface area contributed by atoms with Crippen LogP contribution < -0.4 is 0 Å². The Morgan fingerprint density at radius 3 is 2.85 bits per heavy atom. The van der Waals surface area contributed by atoms with Crippen LogP contribution >= 0.6 is 11.3 Å². The van der Waals surface area contributed by atoms with Crippen molar-refractivity contribution < 1.29 is 13.2 Å². The van der Waals surface area contributed by atoms with Gasteiger partial charge in [-0.3, -0.25) is 0 Å².